The highest BCUT2D eigenvalue weighted by molar-refractivity contribution is 7.06. The highest BCUT2D eigenvalue weighted by Crippen LogP contribution is 2.22. The molecule has 1 heterocycles. The highest BCUT2D eigenvalue weighted by atomic mass is 32.1. The van der Waals surface area contributed by atoms with Gasteiger partial charge in [-0.15, -0.1) is 0 Å². The minimum atomic E-state index is -1.04. The molecule has 0 spiro atoms. The van der Waals surface area contributed by atoms with Crippen LogP contribution in [0.1, 0.15) is 22.2 Å². The van der Waals surface area contributed by atoms with E-state index < -0.39 is 12.7 Å². The molecule has 0 radical (unpaired) electrons. The van der Waals surface area contributed by atoms with Gasteiger partial charge >= 0.3 is 0 Å². The van der Waals surface area contributed by atoms with Crippen LogP contribution in [0.2, 0.25) is 0 Å². The van der Waals surface area contributed by atoms with Crippen molar-refractivity contribution in [1.29, 1.82) is 5.26 Å². The Bertz CT molecular complexity index is 316. The first kappa shape index (κ1) is 9.13. The van der Waals surface area contributed by atoms with Crippen LogP contribution in [-0.2, 0) is 0 Å². The average molecular weight is 184 g/mol. The predicted octanol–water partition coefficient (Wildman–Crippen LogP) is 0.349. The Hall–Kier alpha value is -0.960. The molecular formula is C7H8N2O2S. The van der Waals surface area contributed by atoms with E-state index in [1.807, 2.05) is 6.07 Å². The summed E-state index contributed by atoms with van der Waals surface area (Å²) >= 11 is 1.16. The van der Waals surface area contributed by atoms with Crippen LogP contribution in [-0.4, -0.2) is 21.2 Å². The molecule has 1 atom stereocenters. The van der Waals surface area contributed by atoms with Gasteiger partial charge < -0.3 is 10.2 Å². The van der Waals surface area contributed by atoms with Crippen LogP contribution in [0.4, 0.5) is 0 Å². The minimum Gasteiger partial charge on any atom is -0.393 e. The molecule has 1 unspecified atom stereocenters. The van der Waals surface area contributed by atoms with Crippen LogP contribution in [0, 0.1) is 18.3 Å². The number of hydrogen-bond donors (Lipinski definition) is 2. The Balaban J connectivity index is 3.09. The molecule has 0 bridgehead atoms. The van der Waals surface area contributed by atoms with Crippen LogP contribution in [0.15, 0.2) is 0 Å². The van der Waals surface area contributed by atoms with Crippen molar-refractivity contribution in [3.8, 4) is 6.07 Å². The second kappa shape index (κ2) is 3.63. The molecule has 0 fully saturated rings. The van der Waals surface area contributed by atoms with Crippen LogP contribution in [0.3, 0.4) is 0 Å². The van der Waals surface area contributed by atoms with E-state index in [1.54, 1.807) is 6.92 Å². The van der Waals surface area contributed by atoms with Gasteiger partial charge in [0.05, 0.1) is 12.2 Å². The van der Waals surface area contributed by atoms with E-state index in [9.17, 15) is 5.11 Å². The number of aryl methyl sites for hydroxylation is 1. The third-order valence-corrected chi connectivity index (χ3v) is 2.26. The topological polar surface area (TPSA) is 77.1 Å². The molecule has 0 saturated carbocycles. The fourth-order valence-electron chi connectivity index (χ4n) is 0.839. The summed E-state index contributed by atoms with van der Waals surface area (Å²) in [6, 6.07) is 1.94. The molecule has 0 aliphatic carbocycles. The van der Waals surface area contributed by atoms with Gasteiger partial charge in [0, 0.05) is 4.88 Å². The fourth-order valence-corrected chi connectivity index (χ4v) is 1.53. The lowest BCUT2D eigenvalue weighted by Crippen LogP contribution is -2.04. The van der Waals surface area contributed by atoms with Crippen LogP contribution in [0.5, 0.6) is 0 Å². The van der Waals surface area contributed by atoms with Gasteiger partial charge in [0.2, 0.25) is 0 Å². The molecule has 0 amide bonds. The van der Waals surface area contributed by atoms with Crippen molar-refractivity contribution in [2.45, 2.75) is 13.0 Å². The lowest BCUT2D eigenvalue weighted by atomic mass is 10.1. The Morgan fingerprint density at radius 1 is 1.75 bits per heavy atom. The van der Waals surface area contributed by atoms with E-state index in [4.69, 9.17) is 10.4 Å². The van der Waals surface area contributed by atoms with Crippen molar-refractivity contribution in [1.82, 2.24) is 4.37 Å². The largest absolute Gasteiger partial charge is 0.393 e. The maximum atomic E-state index is 9.20. The van der Waals surface area contributed by atoms with E-state index >= 15 is 0 Å². The summed E-state index contributed by atoms with van der Waals surface area (Å²) < 4.78 is 3.87. The molecule has 1 aromatic heterocycles. The van der Waals surface area contributed by atoms with Gasteiger partial charge in [0.1, 0.15) is 17.9 Å². The summed E-state index contributed by atoms with van der Waals surface area (Å²) in [6.45, 7) is 1.35. The standard InChI is InChI=1S/C7H8N2O2S/c1-4-5(2-8)7(9-12-4)6(11)3-10/h6,10-11H,3H2,1H3. The van der Waals surface area contributed by atoms with Crippen molar-refractivity contribution >= 4 is 11.5 Å². The van der Waals surface area contributed by atoms with Gasteiger partial charge in [-0.1, -0.05) is 0 Å². The predicted molar refractivity (Wildman–Crippen MR) is 43.6 cm³/mol. The van der Waals surface area contributed by atoms with Gasteiger partial charge in [-0.2, -0.15) is 9.64 Å². The molecule has 1 rings (SSSR count). The summed E-state index contributed by atoms with van der Waals surface area (Å²) in [6.07, 6.45) is -1.04. The molecule has 1 aromatic rings. The quantitative estimate of drug-likeness (QED) is 0.695. The molecule has 0 aliphatic heterocycles. The van der Waals surface area contributed by atoms with Crippen LogP contribution >= 0.6 is 11.5 Å². The van der Waals surface area contributed by atoms with E-state index in [2.05, 4.69) is 4.37 Å². The molecule has 0 aliphatic rings. The third kappa shape index (κ3) is 1.46. The monoisotopic (exact) mass is 184 g/mol. The number of hydrogen-bond acceptors (Lipinski definition) is 5. The van der Waals surface area contributed by atoms with Crippen molar-refractivity contribution < 1.29 is 10.2 Å². The van der Waals surface area contributed by atoms with E-state index in [0.29, 0.717) is 5.56 Å². The number of aliphatic hydroxyl groups excluding tert-OH is 2. The number of rotatable bonds is 2. The maximum absolute atomic E-state index is 9.20. The number of aliphatic hydroxyl groups is 2. The summed E-state index contributed by atoms with van der Waals surface area (Å²) in [5, 5.41) is 26.5. The molecule has 64 valence electrons. The zero-order valence-corrected chi connectivity index (χ0v) is 7.30. The van der Waals surface area contributed by atoms with E-state index in [1.165, 1.54) is 0 Å². The minimum absolute atomic E-state index is 0.280. The smallest absolute Gasteiger partial charge is 0.121 e. The summed E-state index contributed by atoms with van der Waals surface area (Å²) in [7, 11) is 0. The lowest BCUT2D eigenvalue weighted by molar-refractivity contribution is 0.0928. The molecule has 2 N–H and O–H groups in total. The zero-order chi connectivity index (χ0) is 9.14. The normalized spacial score (nSPS) is 12.5. The van der Waals surface area contributed by atoms with Gasteiger partial charge in [-0.25, -0.2) is 0 Å². The number of nitrogens with zero attached hydrogens (tertiary/aromatic N) is 2. The summed E-state index contributed by atoms with van der Waals surface area (Å²) in [4.78, 5) is 0.764. The Kier molecular flexibility index (Phi) is 2.76. The van der Waals surface area contributed by atoms with E-state index in [0.717, 1.165) is 16.4 Å². The van der Waals surface area contributed by atoms with Crippen molar-refractivity contribution in [2.75, 3.05) is 6.61 Å². The Morgan fingerprint density at radius 2 is 2.42 bits per heavy atom. The Labute approximate surface area is 73.9 Å². The maximum Gasteiger partial charge on any atom is 0.121 e. The van der Waals surface area contributed by atoms with Crippen molar-refractivity contribution in [3.63, 3.8) is 0 Å². The Morgan fingerprint density at radius 3 is 2.92 bits per heavy atom. The molecule has 12 heavy (non-hydrogen) atoms. The van der Waals surface area contributed by atoms with Crippen LogP contribution in [0.25, 0.3) is 0 Å². The number of nitriles is 1. The fraction of sp³-hybridized carbons (Fsp3) is 0.429. The van der Waals surface area contributed by atoms with Gasteiger partial charge in [-0.3, -0.25) is 0 Å². The molecule has 4 nitrogen and oxygen atoms in total. The molecule has 0 saturated heterocycles. The second-order valence-corrected chi connectivity index (χ2v) is 3.29. The molecule has 5 heteroatoms. The zero-order valence-electron chi connectivity index (χ0n) is 6.48. The van der Waals surface area contributed by atoms with Gasteiger partial charge in [-0.05, 0) is 18.5 Å². The molecular weight excluding hydrogens is 176 g/mol. The number of aromatic nitrogens is 1. The summed E-state index contributed by atoms with van der Waals surface area (Å²) in [5.74, 6) is 0. The first-order valence-corrected chi connectivity index (χ1v) is 4.13. The summed E-state index contributed by atoms with van der Waals surface area (Å²) in [5.41, 5.74) is 0.657. The van der Waals surface area contributed by atoms with Crippen molar-refractivity contribution in [3.05, 3.63) is 16.1 Å². The third-order valence-electron chi connectivity index (χ3n) is 1.49. The first-order chi connectivity index (χ1) is 5.70. The van der Waals surface area contributed by atoms with Gasteiger partial charge in [0.15, 0.2) is 0 Å². The van der Waals surface area contributed by atoms with E-state index in [-0.39, 0.29) is 5.69 Å². The van der Waals surface area contributed by atoms with Crippen molar-refractivity contribution in [2.24, 2.45) is 0 Å². The first-order valence-electron chi connectivity index (χ1n) is 3.36. The highest BCUT2D eigenvalue weighted by Gasteiger charge is 2.16. The molecule has 0 aromatic carbocycles. The van der Waals surface area contributed by atoms with Gasteiger partial charge in [0.25, 0.3) is 0 Å². The SMILES string of the molecule is Cc1snc(C(O)CO)c1C#N. The average Bonchev–Trinajstić information content (AvgIpc) is 2.45. The van der Waals surface area contributed by atoms with Crippen LogP contribution < -0.4 is 0 Å². The second-order valence-electron chi connectivity index (χ2n) is 2.31. The lowest BCUT2D eigenvalue weighted by Gasteiger charge is -2.02.